The van der Waals surface area contributed by atoms with Gasteiger partial charge in [-0.25, -0.2) is 14.2 Å². The van der Waals surface area contributed by atoms with Crippen LogP contribution in [0, 0.1) is 5.82 Å². The van der Waals surface area contributed by atoms with Crippen molar-refractivity contribution in [1.29, 1.82) is 0 Å². The van der Waals surface area contributed by atoms with E-state index in [2.05, 4.69) is 45.4 Å². The molecule has 2 aromatic carbocycles. The third-order valence-corrected chi connectivity index (χ3v) is 8.37. The van der Waals surface area contributed by atoms with Gasteiger partial charge in [-0.2, -0.15) is 4.98 Å². The second-order valence-electron chi connectivity index (χ2n) is 10.7. The summed E-state index contributed by atoms with van der Waals surface area (Å²) in [6.45, 7) is 5.57. The standard InChI is InChI=1S/C30H29BrFN7O4/c31-21-6-4-20(23(32)15-21)18-42-28-3-1-2-26(34-28)38-11-9-37(10-12-38)17-27-33-24-7-5-19(29-35-30(40)43-36-29)14-25(24)39(27)16-22-8-13-41-22/h1-7,14-15,22H,8-13,16-18H2,(H,35,36,40)/t22-/m0/s1. The van der Waals surface area contributed by atoms with E-state index in [0.717, 1.165) is 67.4 Å². The number of ether oxygens (including phenoxy) is 2. The highest BCUT2D eigenvalue weighted by Crippen LogP contribution is 2.27. The first-order chi connectivity index (χ1) is 21.0. The number of halogens is 2. The fraction of sp³-hybridized carbons (Fsp3) is 0.333. The Kier molecular flexibility index (Phi) is 7.68. The molecule has 0 saturated carbocycles. The van der Waals surface area contributed by atoms with Crippen molar-refractivity contribution in [1.82, 2.24) is 29.6 Å². The van der Waals surface area contributed by atoms with Gasteiger partial charge in [-0.15, -0.1) is 0 Å². The lowest BCUT2D eigenvalue weighted by atomic mass is 10.1. The number of H-pyrrole nitrogens is 1. The highest BCUT2D eigenvalue weighted by Gasteiger charge is 2.25. The summed E-state index contributed by atoms with van der Waals surface area (Å²) in [7, 11) is 0. The van der Waals surface area contributed by atoms with Crippen LogP contribution in [-0.4, -0.2) is 68.5 Å². The number of hydrogen-bond acceptors (Lipinski definition) is 9. The Balaban J connectivity index is 1.03. The van der Waals surface area contributed by atoms with Crippen molar-refractivity contribution in [3.05, 3.63) is 86.8 Å². The van der Waals surface area contributed by atoms with Gasteiger partial charge in [0.1, 0.15) is 24.1 Å². The molecule has 1 N–H and O–H groups in total. The van der Waals surface area contributed by atoms with E-state index in [4.69, 9.17) is 19.0 Å². The van der Waals surface area contributed by atoms with Crippen molar-refractivity contribution in [2.45, 2.75) is 32.2 Å². The molecule has 5 aromatic rings. The monoisotopic (exact) mass is 649 g/mol. The third kappa shape index (κ3) is 6.05. The minimum absolute atomic E-state index is 0.105. The fourth-order valence-corrected chi connectivity index (χ4v) is 5.75. The van der Waals surface area contributed by atoms with Crippen LogP contribution in [0.25, 0.3) is 22.4 Å². The second-order valence-corrected chi connectivity index (χ2v) is 11.6. The maximum absolute atomic E-state index is 14.2. The van der Waals surface area contributed by atoms with Gasteiger partial charge in [0, 0.05) is 54.5 Å². The van der Waals surface area contributed by atoms with E-state index >= 15 is 0 Å². The lowest BCUT2D eigenvalue weighted by Gasteiger charge is -2.35. The van der Waals surface area contributed by atoms with Crippen molar-refractivity contribution in [3.63, 3.8) is 0 Å². The Morgan fingerprint density at radius 2 is 1.93 bits per heavy atom. The molecule has 7 rings (SSSR count). The average Bonchev–Trinajstić information content (AvgIpc) is 3.57. The molecule has 0 bridgehead atoms. The lowest BCUT2D eigenvalue weighted by Crippen LogP contribution is -2.46. The van der Waals surface area contributed by atoms with Gasteiger partial charge in [-0.1, -0.05) is 33.2 Å². The maximum atomic E-state index is 14.2. The molecule has 222 valence electrons. The van der Waals surface area contributed by atoms with E-state index in [9.17, 15) is 9.18 Å². The second kappa shape index (κ2) is 11.9. The highest BCUT2D eigenvalue weighted by molar-refractivity contribution is 9.10. The Labute approximate surface area is 254 Å². The summed E-state index contributed by atoms with van der Waals surface area (Å²) in [5, 5.41) is 3.84. The molecule has 2 fully saturated rings. The molecule has 5 heterocycles. The predicted molar refractivity (Wildman–Crippen MR) is 160 cm³/mol. The summed E-state index contributed by atoms with van der Waals surface area (Å²) in [6, 6.07) is 16.4. The first kappa shape index (κ1) is 27.7. The van der Waals surface area contributed by atoms with Crippen LogP contribution in [0.15, 0.2) is 68.4 Å². The molecule has 2 saturated heterocycles. The Hall–Kier alpha value is -4.07. The quantitative estimate of drug-likeness (QED) is 0.249. The minimum Gasteiger partial charge on any atom is -0.473 e. The molecule has 0 aliphatic carbocycles. The summed E-state index contributed by atoms with van der Waals surface area (Å²) >= 11 is 3.28. The van der Waals surface area contributed by atoms with Crippen LogP contribution in [-0.2, 0) is 24.4 Å². The fourth-order valence-electron chi connectivity index (χ4n) is 5.42. The molecule has 2 aliphatic rings. The number of pyridine rings is 1. The first-order valence-corrected chi connectivity index (χ1v) is 15.0. The number of imidazole rings is 1. The Morgan fingerprint density at radius 1 is 1.07 bits per heavy atom. The summed E-state index contributed by atoms with van der Waals surface area (Å²) in [5.41, 5.74) is 3.08. The van der Waals surface area contributed by atoms with Gasteiger partial charge in [-0.3, -0.25) is 14.4 Å². The molecule has 2 aliphatic heterocycles. The molecule has 0 radical (unpaired) electrons. The lowest BCUT2D eigenvalue weighted by molar-refractivity contribution is -0.0592. The van der Waals surface area contributed by atoms with Gasteiger partial charge in [0.25, 0.3) is 0 Å². The first-order valence-electron chi connectivity index (χ1n) is 14.2. The van der Waals surface area contributed by atoms with Crippen molar-refractivity contribution in [2.24, 2.45) is 0 Å². The summed E-state index contributed by atoms with van der Waals surface area (Å²) in [4.78, 5) is 28.4. The van der Waals surface area contributed by atoms with Crippen LogP contribution in [0.5, 0.6) is 5.88 Å². The number of nitrogens with one attached hydrogen (secondary N) is 1. The van der Waals surface area contributed by atoms with E-state index < -0.39 is 5.76 Å². The molecule has 1 atom stereocenters. The van der Waals surface area contributed by atoms with Crippen LogP contribution in [0.4, 0.5) is 10.2 Å². The Bertz CT molecular complexity index is 1810. The van der Waals surface area contributed by atoms with Crippen LogP contribution >= 0.6 is 15.9 Å². The molecule has 13 heteroatoms. The molecular weight excluding hydrogens is 621 g/mol. The van der Waals surface area contributed by atoms with E-state index in [0.29, 0.717) is 34.8 Å². The average molecular weight is 651 g/mol. The van der Waals surface area contributed by atoms with E-state index in [1.807, 2.05) is 30.3 Å². The van der Waals surface area contributed by atoms with E-state index in [1.54, 1.807) is 18.2 Å². The van der Waals surface area contributed by atoms with Crippen molar-refractivity contribution >= 4 is 32.8 Å². The number of rotatable bonds is 9. The SMILES string of the molecule is O=c1[nH]c(-c2ccc3nc(CN4CCN(c5cccc(OCc6ccc(Br)cc6F)n5)CC4)n(C[C@@H]4CCO4)c3c2)no1. The molecular formula is C30H29BrFN7O4. The molecule has 0 unspecified atom stereocenters. The van der Waals surface area contributed by atoms with Crippen molar-refractivity contribution in [3.8, 4) is 17.3 Å². The number of benzene rings is 2. The summed E-state index contributed by atoms with van der Waals surface area (Å²) in [5.74, 6) is 1.75. The smallest absolute Gasteiger partial charge is 0.439 e. The summed E-state index contributed by atoms with van der Waals surface area (Å²) in [6.07, 6.45) is 1.17. The van der Waals surface area contributed by atoms with Crippen LogP contribution in [0.3, 0.4) is 0 Å². The number of fused-ring (bicyclic) bond motifs is 1. The molecule has 43 heavy (non-hydrogen) atoms. The summed E-state index contributed by atoms with van der Waals surface area (Å²) < 4.78 is 33.4. The zero-order chi connectivity index (χ0) is 29.3. The minimum atomic E-state index is -0.586. The van der Waals surface area contributed by atoms with Crippen LogP contribution in [0.1, 0.15) is 17.8 Å². The van der Waals surface area contributed by atoms with E-state index in [1.165, 1.54) is 6.07 Å². The van der Waals surface area contributed by atoms with Crippen LogP contribution < -0.4 is 15.4 Å². The zero-order valence-corrected chi connectivity index (χ0v) is 24.8. The normalized spacial score (nSPS) is 17.3. The topological polar surface area (TPSA) is 115 Å². The number of aromatic amines is 1. The number of aromatic nitrogens is 5. The largest absolute Gasteiger partial charge is 0.473 e. The number of nitrogens with zero attached hydrogens (tertiary/aromatic N) is 6. The molecule has 0 spiro atoms. The van der Waals surface area contributed by atoms with Gasteiger partial charge >= 0.3 is 5.76 Å². The maximum Gasteiger partial charge on any atom is 0.439 e. The van der Waals surface area contributed by atoms with Gasteiger partial charge in [0.05, 0.1) is 30.2 Å². The molecule has 3 aromatic heterocycles. The third-order valence-electron chi connectivity index (χ3n) is 7.88. The highest BCUT2D eigenvalue weighted by atomic mass is 79.9. The van der Waals surface area contributed by atoms with Crippen LogP contribution in [0.2, 0.25) is 0 Å². The molecule has 0 amide bonds. The van der Waals surface area contributed by atoms with Gasteiger partial charge in [-0.05, 0) is 42.8 Å². The van der Waals surface area contributed by atoms with Gasteiger partial charge < -0.3 is 18.9 Å². The zero-order valence-electron chi connectivity index (χ0n) is 23.2. The molecule has 11 nitrogen and oxygen atoms in total. The van der Waals surface area contributed by atoms with E-state index in [-0.39, 0.29) is 18.5 Å². The van der Waals surface area contributed by atoms with Crippen molar-refractivity contribution in [2.75, 3.05) is 37.7 Å². The van der Waals surface area contributed by atoms with Gasteiger partial charge in [0.2, 0.25) is 5.88 Å². The number of piperazine rings is 1. The number of anilines is 1. The van der Waals surface area contributed by atoms with Gasteiger partial charge in [0.15, 0.2) is 5.82 Å². The van der Waals surface area contributed by atoms with Crippen molar-refractivity contribution < 1.29 is 18.4 Å². The Morgan fingerprint density at radius 3 is 2.67 bits per heavy atom. The predicted octanol–water partition coefficient (Wildman–Crippen LogP) is 4.37. The number of hydrogen-bond donors (Lipinski definition) is 1.